The van der Waals surface area contributed by atoms with Crippen LogP contribution in [0.15, 0.2) is 27.6 Å². The molecule has 0 aliphatic carbocycles. The Bertz CT molecular complexity index is 970. The Morgan fingerprint density at radius 1 is 0.545 bits per heavy atom. The molecule has 0 bridgehead atoms. The summed E-state index contributed by atoms with van der Waals surface area (Å²) >= 11 is 19.2. The third kappa shape index (κ3) is 11.2. The van der Waals surface area contributed by atoms with Crippen molar-refractivity contribution in [2.45, 2.75) is 13.8 Å². The summed E-state index contributed by atoms with van der Waals surface area (Å²) in [6.07, 6.45) is 0. The van der Waals surface area contributed by atoms with Gasteiger partial charge in [-0.05, 0) is 109 Å². The van der Waals surface area contributed by atoms with Crippen molar-refractivity contribution in [2.75, 3.05) is 0 Å². The molecular formula is C14H18BBr6N12. The minimum Gasteiger partial charge on any atom is -0.252 e. The first-order chi connectivity index (χ1) is 14.8. The molecule has 33 heavy (non-hydrogen) atoms. The molecule has 12 nitrogen and oxygen atoms in total. The lowest BCUT2D eigenvalue weighted by Crippen LogP contribution is -1.91. The van der Waals surface area contributed by atoms with Gasteiger partial charge >= 0.3 is 0 Å². The smallest absolute Gasteiger partial charge is 0.162 e. The van der Waals surface area contributed by atoms with Crippen LogP contribution in [0.4, 0.5) is 0 Å². The molecule has 4 aromatic heterocycles. The maximum absolute atomic E-state index is 3.97. The van der Waals surface area contributed by atoms with E-state index in [0.29, 0.717) is 0 Å². The molecule has 4 aromatic rings. The minimum absolute atomic E-state index is 0. The molecule has 0 N–H and O–H groups in total. The van der Waals surface area contributed by atoms with E-state index in [1.165, 1.54) is 9.59 Å². The van der Waals surface area contributed by atoms with Crippen molar-refractivity contribution in [3.05, 3.63) is 39.0 Å². The third-order valence-electron chi connectivity index (χ3n) is 3.23. The highest BCUT2D eigenvalue weighted by Crippen LogP contribution is 2.17. The Hall–Kier alpha value is -0.495. The van der Waals surface area contributed by atoms with Crippen LogP contribution in [0.5, 0.6) is 0 Å². The fourth-order valence-corrected chi connectivity index (χ4v) is 3.27. The van der Waals surface area contributed by atoms with Crippen LogP contribution in [0.1, 0.15) is 11.4 Å². The highest BCUT2D eigenvalue weighted by molar-refractivity contribution is 9.13. The summed E-state index contributed by atoms with van der Waals surface area (Å²) < 4.78 is 8.05. The van der Waals surface area contributed by atoms with Crippen molar-refractivity contribution in [2.24, 2.45) is 28.2 Å². The molecule has 0 aliphatic rings. The summed E-state index contributed by atoms with van der Waals surface area (Å²) in [6, 6.07) is 0. The lowest BCUT2D eigenvalue weighted by Gasteiger charge is -1.86. The second-order valence-electron chi connectivity index (χ2n) is 5.72. The molecule has 0 aromatic carbocycles. The highest BCUT2D eigenvalue weighted by Gasteiger charge is 2.01. The Labute approximate surface area is 243 Å². The quantitative estimate of drug-likeness (QED) is 0.243. The number of aryl methyl sites for hydroxylation is 5. The SMILES string of the molecule is Cc1c(Br)nnn1C.Cc1nn(C)nc1Br.Cn1nc(Br)c(Br)n1.Cn1nnc(Br)c1Br.[B]. The standard InChI is InChI=1S/2C4H6BrN3.2C3H3Br2N3.B/c1-3-4(5)6-7-8(3)2;1-3-4(5)7-8(2)6-3;1-8-3(5)2(4)6-7-8;1-8-6-2(4)3(5)7-8;/h2*1-2H3;2*1H3;. The van der Waals surface area contributed by atoms with Crippen molar-refractivity contribution in [1.82, 2.24) is 60.0 Å². The van der Waals surface area contributed by atoms with Crippen LogP contribution in [0.25, 0.3) is 0 Å². The van der Waals surface area contributed by atoms with Crippen LogP contribution in [0, 0.1) is 13.8 Å². The fourth-order valence-electron chi connectivity index (χ4n) is 1.54. The van der Waals surface area contributed by atoms with Gasteiger partial charge in [-0.1, -0.05) is 10.4 Å². The highest BCUT2D eigenvalue weighted by atomic mass is 79.9. The van der Waals surface area contributed by atoms with Gasteiger partial charge in [-0.15, -0.1) is 25.5 Å². The van der Waals surface area contributed by atoms with E-state index in [2.05, 4.69) is 137 Å². The van der Waals surface area contributed by atoms with Crippen molar-refractivity contribution in [1.29, 1.82) is 0 Å². The van der Waals surface area contributed by atoms with Gasteiger partial charge in [-0.25, -0.2) is 4.68 Å². The number of hydrogen-bond acceptors (Lipinski definition) is 8. The van der Waals surface area contributed by atoms with E-state index in [0.717, 1.165) is 39.0 Å². The van der Waals surface area contributed by atoms with Crippen molar-refractivity contribution in [3.63, 3.8) is 0 Å². The summed E-state index contributed by atoms with van der Waals surface area (Å²) in [4.78, 5) is 3.01. The van der Waals surface area contributed by atoms with Gasteiger partial charge in [0, 0.05) is 36.6 Å². The summed E-state index contributed by atoms with van der Waals surface area (Å²) in [7, 11) is 7.21. The number of hydrogen-bond donors (Lipinski definition) is 0. The van der Waals surface area contributed by atoms with E-state index in [1.807, 2.05) is 27.9 Å². The first-order valence-electron chi connectivity index (χ1n) is 8.31. The van der Waals surface area contributed by atoms with Crippen LogP contribution in [0.2, 0.25) is 0 Å². The topological polar surface area (TPSA) is 123 Å². The maximum Gasteiger partial charge on any atom is 0.162 e. The zero-order valence-electron chi connectivity index (χ0n) is 18.2. The van der Waals surface area contributed by atoms with Gasteiger partial charge < -0.3 is 0 Å². The van der Waals surface area contributed by atoms with E-state index >= 15 is 0 Å². The van der Waals surface area contributed by atoms with Gasteiger partial charge in [-0.3, -0.25) is 4.68 Å². The second-order valence-corrected chi connectivity index (χ2v) is 10.2. The fraction of sp³-hybridized carbons (Fsp3) is 0.429. The lowest BCUT2D eigenvalue weighted by atomic mass is 10.6. The zero-order valence-corrected chi connectivity index (χ0v) is 27.7. The van der Waals surface area contributed by atoms with Crippen molar-refractivity contribution in [3.8, 4) is 0 Å². The molecule has 179 valence electrons. The van der Waals surface area contributed by atoms with E-state index in [-0.39, 0.29) is 8.41 Å². The van der Waals surface area contributed by atoms with E-state index in [9.17, 15) is 0 Å². The summed E-state index contributed by atoms with van der Waals surface area (Å²) in [5.74, 6) is 0. The predicted molar refractivity (Wildman–Crippen MR) is 145 cm³/mol. The Balaban J connectivity index is 0.000000410. The van der Waals surface area contributed by atoms with E-state index < -0.39 is 0 Å². The van der Waals surface area contributed by atoms with E-state index in [1.54, 1.807) is 23.5 Å². The van der Waals surface area contributed by atoms with Crippen LogP contribution >= 0.6 is 95.6 Å². The molecule has 0 atom stereocenters. The molecule has 0 aliphatic heterocycles. The molecule has 4 heterocycles. The molecule has 0 fully saturated rings. The molecule has 0 unspecified atom stereocenters. The van der Waals surface area contributed by atoms with Crippen LogP contribution in [-0.2, 0) is 28.2 Å². The van der Waals surface area contributed by atoms with E-state index in [4.69, 9.17) is 0 Å². The van der Waals surface area contributed by atoms with Gasteiger partial charge in [0.2, 0.25) is 0 Å². The lowest BCUT2D eigenvalue weighted by molar-refractivity contribution is 0.647. The molecule has 3 radical (unpaired) electrons. The van der Waals surface area contributed by atoms with Gasteiger partial charge in [0.25, 0.3) is 0 Å². The Kier molecular flexibility index (Phi) is 15.3. The van der Waals surface area contributed by atoms with Gasteiger partial charge in [-0.2, -0.15) is 14.7 Å². The Morgan fingerprint density at radius 2 is 0.970 bits per heavy atom. The average molecular weight is 845 g/mol. The van der Waals surface area contributed by atoms with Crippen molar-refractivity contribution >= 4 is 104 Å². The van der Waals surface area contributed by atoms with Gasteiger partial charge in [0.1, 0.15) is 4.60 Å². The molecule has 0 saturated heterocycles. The molecule has 0 saturated carbocycles. The first-order valence-corrected chi connectivity index (χ1v) is 13.1. The molecule has 4 rings (SSSR count). The van der Waals surface area contributed by atoms with Gasteiger partial charge in [0.15, 0.2) is 23.0 Å². The van der Waals surface area contributed by atoms with Crippen LogP contribution in [0.3, 0.4) is 0 Å². The largest absolute Gasteiger partial charge is 0.252 e. The summed E-state index contributed by atoms with van der Waals surface area (Å²) in [6.45, 7) is 3.85. The monoisotopic (exact) mass is 839 g/mol. The minimum atomic E-state index is 0. The van der Waals surface area contributed by atoms with Gasteiger partial charge in [0.05, 0.1) is 11.4 Å². The summed E-state index contributed by atoms with van der Waals surface area (Å²) in [5.41, 5.74) is 1.97. The second kappa shape index (κ2) is 15.5. The summed E-state index contributed by atoms with van der Waals surface area (Å²) in [5, 5.41) is 30.5. The molecule has 0 amide bonds. The predicted octanol–water partition coefficient (Wildman–Crippen LogP) is 4.07. The van der Waals surface area contributed by atoms with Crippen LogP contribution < -0.4 is 0 Å². The molecule has 0 spiro atoms. The molecular weight excluding hydrogens is 826 g/mol. The average Bonchev–Trinajstić information content (AvgIpc) is 3.38. The number of aromatic nitrogens is 12. The zero-order chi connectivity index (χ0) is 24.6. The maximum atomic E-state index is 3.97. The van der Waals surface area contributed by atoms with Crippen molar-refractivity contribution < 1.29 is 0 Å². The normalized spacial score (nSPS) is 9.58. The first kappa shape index (κ1) is 32.5. The Morgan fingerprint density at radius 3 is 1.09 bits per heavy atom. The van der Waals surface area contributed by atoms with Crippen LogP contribution in [-0.4, -0.2) is 68.4 Å². The number of halogens is 6. The third-order valence-corrected chi connectivity index (χ3v) is 8.25. The number of nitrogens with zero attached hydrogens (tertiary/aromatic N) is 12. The number of rotatable bonds is 0. The molecule has 19 heteroatoms.